The van der Waals surface area contributed by atoms with Gasteiger partial charge in [0.1, 0.15) is 17.1 Å². The lowest BCUT2D eigenvalue weighted by Gasteiger charge is -2.22. The molecule has 2 aliphatic rings. The number of hydrogen-bond donors (Lipinski definition) is 2. The van der Waals surface area contributed by atoms with Crippen LogP contribution in [0.15, 0.2) is 60.9 Å². The number of aryl methyl sites for hydroxylation is 1. The van der Waals surface area contributed by atoms with Gasteiger partial charge in [0.25, 0.3) is 5.91 Å². The number of rotatable bonds is 6. The third-order valence-corrected chi connectivity index (χ3v) is 6.18. The first-order valence-corrected chi connectivity index (χ1v) is 11.1. The maximum Gasteiger partial charge on any atom is 0.252 e. The van der Waals surface area contributed by atoms with E-state index in [1.54, 1.807) is 24.4 Å². The molecule has 2 aromatic carbocycles. The summed E-state index contributed by atoms with van der Waals surface area (Å²) in [6.45, 7) is 2.42. The molecule has 0 unspecified atom stereocenters. The van der Waals surface area contributed by atoms with Crippen LogP contribution in [0.4, 0.5) is 0 Å². The Morgan fingerprint density at radius 3 is 2.84 bits per heavy atom. The van der Waals surface area contributed by atoms with Crippen molar-refractivity contribution in [2.24, 2.45) is 0 Å². The van der Waals surface area contributed by atoms with E-state index in [1.165, 1.54) is 5.56 Å². The number of ether oxygens (including phenoxy) is 1. The second-order valence-electron chi connectivity index (χ2n) is 8.35. The third-order valence-electron chi connectivity index (χ3n) is 6.18. The van der Waals surface area contributed by atoms with Crippen LogP contribution in [0.1, 0.15) is 54.0 Å². The van der Waals surface area contributed by atoms with Crippen LogP contribution < -0.4 is 15.4 Å². The van der Waals surface area contributed by atoms with E-state index in [0.29, 0.717) is 30.8 Å². The molecule has 0 bridgehead atoms. The van der Waals surface area contributed by atoms with Crippen molar-refractivity contribution in [3.8, 4) is 11.4 Å². The van der Waals surface area contributed by atoms with Crippen molar-refractivity contribution >= 4 is 11.8 Å². The molecule has 0 spiro atoms. The fraction of sp³-hybridized carbons (Fsp3) is 0.320. The number of nitrogens with zero attached hydrogens (tertiary/aromatic N) is 2. The van der Waals surface area contributed by atoms with Crippen molar-refractivity contribution in [2.75, 3.05) is 6.61 Å². The van der Waals surface area contributed by atoms with Gasteiger partial charge in [0.2, 0.25) is 5.91 Å². The average molecular weight is 431 g/mol. The van der Waals surface area contributed by atoms with E-state index < -0.39 is 5.54 Å². The Balaban J connectivity index is 1.31. The molecule has 7 nitrogen and oxygen atoms in total. The van der Waals surface area contributed by atoms with Crippen molar-refractivity contribution < 1.29 is 14.3 Å². The molecule has 2 N–H and O–H groups in total. The predicted octanol–water partition coefficient (Wildman–Crippen LogP) is 3.34. The van der Waals surface area contributed by atoms with Gasteiger partial charge in [-0.3, -0.25) is 9.59 Å². The molecule has 1 aliphatic heterocycles. The van der Waals surface area contributed by atoms with Crippen LogP contribution in [-0.2, 0) is 11.2 Å². The highest BCUT2D eigenvalue weighted by molar-refractivity contribution is 6.01. The highest BCUT2D eigenvalue weighted by Gasteiger charge is 2.52. The Kier molecular flexibility index (Phi) is 5.17. The van der Waals surface area contributed by atoms with Crippen LogP contribution in [0.3, 0.4) is 0 Å². The number of benzene rings is 2. The standard InChI is InChI=1S/C25H26N4O3/c1-2-32-19-8-5-7-18(16-19)23(30)28-25(12-13-25)24(31)27-20-11-10-17-6-3-4-9-21(17)29-15-14-26-22(20)29/h3-9,14-16,20H,2,10-13H2,1H3,(H,27,31)(H,28,30)/t20-/m1/s1. The van der Waals surface area contributed by atoms with E-state index in [9.17, 15) is 9.59 Å². The van der Waals surface area contributed by atoms with E-state index in [-0.39, 0.29) is 17.9 Å². The summed E-state index contributed by atoms with van der Waals surface area (Å²) in [4.78, 5) is 30.6. The number of carbonyl (C=O) groups excluding carboxylic acids is 2. The zero-order valence-electron chi connectivity index (χ0n) is 18.0. The van der Waals surface area contributed by atoms with Crippen molar-refractivity contribution in [1.82, 2.24) is 20.2 Å². The number of imidazole rings is 1. The molecular formula is C25H26N4O3. The minimum Gasteiger partial charge on any atom is -0.494 e. The topological polar surface area (TPSA) is 85.2 Å². The van der Waals surface area contributed by atoms with Crippen LogP contribution in [0.2, 0.25) is 0 Å². The number of amides is 2. The van der Waals surface area contributed by atoms with Gasteiger partial charge < -0.3 is 19.9 Å². The molecule has 1 aliphatic carbocycles. The van der Waals surface area contributed by atoms with Crippen molar-refractivity contribution in [2.45, 2.75) is 44.2 Å². The van der Waals surface area contributed by atoms with Crippen LogP contribution in [0.5, 0.6) is 5.75 Å². The highest BCUT2D eigenvalue weighted by Crippen LogP contribution is 2.37. The minimum absolute atomic E-state index is 0.155. The SMILES string of the molecule is CCOc1cccc(C(=O)NC2(C(=O)N[C@@H]3CCc4ccccc4-n4ccnc43)CC2)c1. The van der Waals surface area contributed by atoms with Gasteiger partial charge >= 0.3 is 0 Å². The maximum absolute atomic E-state index is 13.3. The predicted molar refractivity (Wildman–Crippen MR) is 120 cm³/mol. The first-order valence-electron chi connectivity index (χ1n) is 11.1. The van der Waals surface area contributed by atoms with Gasteiger partial charge in [0, 0.05) is 23.6 Å². The Morgan fingerprint density at radius 1 is 1.19 bits per heavy atom. The smallest absolute Gasteiger partial charge is 0.252 e. The highest BCUT2D eigenvalue weighted by atomic mass is 16.5. The van der Waals surface area contributed by atoms with Crippen molar-refractivity contribution in [1.29, 1.82) is 0 Å². The maximum atomic E-state index is 13.3. The van der Waals surface area contributed by atoms with Crippen LogP contribution in [0.25, 0.3) is 5.69 Å². The molecule has 1 atom stereocenters. The summed E-state index contributed by atoms with van der Waals surface area (Å²) in [5, 5.41) is 6.12. The van der Waals surface area contributed by atoms with Gasteiger partial charge in [0.15, 0.2) is 0 Å². The van der Waals surface area contributed by atoms with E-state index in [0.717, 1.165) is 24.4 Å². The van der Waals surface area contributed by atoms with Gasteiger partial charge in [-0.1, -0.05) is 24.3 Å². The lowest BCUT2D eigenvalue weighted by Crippen LogP contribution is -2.50. The fourth-order valence-corrected chi connectivity index (χ4v) is 4.31. The van der Waals surface area contributed by atoms with Crippen LogP contribution in [-0.4, -0.2) is 33.5 Å². The second kappa shape index (κ2) is 8.15. The molecule has 3 aromatic rings. The van der Waals surface area contributed by atoms with Gasteiger partial charge in [-0.05, 0) is 62.4 Å². The summed E-state index contributed by atoms with van der Waals surface area (Å²) in [5.41, 5.74) is 1.94. The molecule has 1 saturated carbocycles. The Hall–Kier alpha value is -3.61. The normalized spacial score (nSPS) is 18.0. The Morgan fingerprint density at radius 2 is 2.03 bits per heavy atom. The number of para-hydroxylation sites is 1. The first-order chi connectivity index (χ1) is 15.6. The summed E-state index contributed by atoms with van der Waals surface area (Å²) >= 11 is 0. The molecule has 1 aromatic heterocycles. The summed E-state index contributed by atoms with van der Waals surface area (Å²) in [5.74, 6) is 1.03. The van der Waals surface area contributed by atoms with Gasteiger partial charge in [-0.25, -0.2) is 4.98 Å². The van der Waals surface area contributed by atoms with Crippen LogP contribution in [0, 0.1) is 0 Å². The van der Waals surface area contributed by atoms with Gasteiger partial charge in [-0.15, -0.1) is 0 Å². The monoisotopic (exact) mass is 430 g/mol. The fourth-order valence-electron chi connectivity index (χ4n) is 4.31. The number of nitrogens with one attached hydrogen (secondary N) is 2. The molecule has 2 heterocycles. The number of aromatic nitrogens is 2. The van der Waals surface area contributed by atoms with E-state index in [2.05, 4.69) is 27.8 Å². The van der Waals surface area contributed by atoms with Crippen LogP contribution >= 0.6 is 0 Å². The molecule has 0 radical (unpaired) electrons. The summed E-state index contributed by atoms with van der Waals surface area (Å²) < 4.78 is 7.53. The van der Waals surface area contributed by atoms with E-state index >= 15 is 0 Å². The summed E-state index contributed by atoms with van der Waals surface area (Å²) in [6.07, 6.45) is 6.53. The molecule has 7 heteroatoms. The molecule has 5 rings (SSSR count). The van der Waals surface area contributed by atoms with E-state index in [1.807, 2.05) is 35.9 Å². The zero-order valence-corrected chi connectivity index (χ0v) is 18.0. The average Bonchev–Trinajstić information content (AvgIpc) is 3.46. The molecule has 0 saturated heterocycles. The molecule has 2 amide bonds. The quantitative estimate of drug-likeness (QED) is 0.628. The van der Waals surface area contributed by atoms with Gasteiger partial charge in [-0.2, -0.15) is 0 Å². The molecule has 164 valence electrons. The molecular weight excluding hydrogens is 404 g/mol. The number of hydrogen-bond acceptors (Lipinski definition) is 4. The zero-order chi connectivity index (χ0) is 22.1. The first kappa shape index (κ1) is 20.3. The minimum atomic E-state index is -0.866. The summed E-state index contributed by atoms with van der Waals surface area (Å²) in [7, 11) is 0. The van der Waals surface area contributed by atoms with E-state index in [4.69, 9.17) is 4.74 Å². The Bertz CT molecular complexity index is 1170. The number of carbonyl (C=O) groups is 2. The second-order valence-corrected chi connectivity index (χ2v) is 8.35. The summed E-state index contributed by atoms with van der Waals surface area (Å²) in [6, 6.07) is 15.0. The lowest BCUT2D eigenvalue weighted by atomic mass is 10.0. The third kappa shape index (κ3) is 3.75. The van der Waals surface area contributed by atoms with Crippen molar-refractivity contribution in [3.63, 3.8) is 0 Å². The molecule has 32 heavy (non-hydrogen) atoms. The largest absolute Gasteiger partial charge is 0.494 e. The van der Waals surface area contributed by atoms with Crippen molar-refractivity contribution in [3.05, 3.63) is 77.9 Å². The number of fused-ring (bicyclic) bond motifs is 3. The molecule has 1 fully saturated rings. The van der Waals surface area contributed by atoms with Gasteiger partial charge in [0.05, 0.1) is 12.6 Å². The lowest BCUT2D eigenvalue weighted by molar-refractivity contribution is -0.124. The Labute approximate surface area is 186 Å².